The van der Waals surface area contributed by atoms with Gasteiger partial charge in [-0.3, -0.25) is 0 Å². The quantitative estimate of drug-likeness (QED) is 0.202. The molecule has 1 heterocycles. The van der Waals surface area contributed by atoms with Gasteiger partial charge in [-0.2, -0.15) is 13.8 Å². The molecule has 0 aliphatic heterocycles. The molecular formula is C20H30F2IN5O2. The number of aliphatic imine (C=N–C) groups is 1. The lowest BCUT2D eigenvalue weighted by atomic mass is 10.1. The SMILES string of the molecule is CCNC(=NCc1cc(C)ccc1OC(F)F)NCCCc1nc(C(C)C)no1.I. The Labute approximate surface area is 193 Å². The van der Waals surface area contributed by atoms with Crippen LogP contribution in [0.2, 0.25) is 0 Å². The molecule has 0 bridgehead atoms. The molecule has 168 valence electrons. The maximum Gasteiger partial charge on any atom is 0.387 e. The number of guanidine groups is 1. The number of aryl methyl sites for hydroxylation is 2. The third-order valence-corrected chi connectivity index (χ3v) is 4.04. The van der Waals surface area contributed by atoms with E-state index in [1.165, 1.54) is 0 Å². The van der Waals surface area contributed by atoms with Gasteiger partial charge >= 0.3 is 6.61 Å². The Balaban J connectivity index is 0.00000450. The van der Waals surface area contributed by atoms with E-state index in [9.17, 15) is 8.78 Å². The molecule has 0 amide bonds. The summed E-state index contributed by atoms with van der Waals surface area (Å²) in [7, 11) is 0. The number of hydrogen-bond donors (Lipinski definition) is 2. The zero-order valence-electron chi connectivity index (χ0n) is 17.7. The van der Waals surface area contributed by atoms with Gasteiger partial charge in [0.05, 0.1) is 6.54 Å². The molecule has 10 heteroatoms. The van der Waals surface area contributed by atoms with Gasteiger partial charge in [-0.25, -0.2) is 4.99 Å². The van der Waals surface area contributed by atoms with Gasteiger partial charge in [-0.05, 0) is 26.3 Å². The van der Waals surface area contributed by atoms with Gasteiger partial charge in [0, 0.05) is 31.0 Å². The highest BCUT2D eigenvalue weighted by molar-refractivity contribution is 14.0. The first-order chi connectivity index (χ1) is 13.9. The highest BCUT2D eigenvalue weighted by Gasteiger charge is 2.11. The van der Waals surface area contributed by atoms with Crippen LogP contribution in [0, 0.1) is 6.92 Å². The van der Waals surface area contributed by atoms with Crippen LogP contribution in [0.25, 0.3) is 0 Å². The molecule has 1 aromatic carbocycles. The van der Waals surface area contributed by atoms with E-state index in [1.807, 2.05) is 27.7 Å². The number of halogens is 3. The zero-order chi connectivity index (χ0) is 21.2. The highest BCUT2D eigenvalue weighted by atomic mass is 127. The zero-order valence-corrected chi connectivity index (χ0v) is 20.1. The topological polar surface area (TPSA) is 84.6 Å². The molecule has 0 radical (unpaired) electrons. The predicted octanol–water partition coefficient (Wildman–Crippen LogP) is 4.41. The number of rotatable bonds is 10. The predicted molar refractivity (Wildman–Crippen MR) is 123 cm³/mol. The lowest BCUT2D eigenvalue weighted by Crippen LogP contribution is -2.37. The number of hydrogen-bond acceptors (Lipinski definition) is 5. The number of alkyl halides is 2. The molecule has 30 heavy (non-hydrogen) atoms. The van der Waals surface area contributed by atoms with Crippen LogP contribution in [-0.2, 0) is 13.0 Å². The van der Waals surface area contributed by atoms with Crippen LogP contribution in [0.5, 0.6) is 5.75 Å². The molecule has 2 N–H and O–H groups in total. The molecule has 0 aliphatic rings. The molecule has 2 rings (SSSR count). The Bertz CT molecular complexity index is 799. The van der Waals surface area contributed by atoms with Gasteiger partial charge < -0.3 is 19.9 Å². The van der Waals surface area contributed by atoms with E-state index in [4.69, 9.17) is 4.52 Å². The van der Waals surface area contributed by atoms with E-state index in [2.05, 4.69) is 30.5 Å². The van der Waals surface area contributed by atoms with Gasteiger partial charge in [0.1, 0.15) is 5.75 Å². The fraction of sp³-hybridized carbons (Fsp3) is 0.550. The fourth-order valence-electron chi connectivity index (χ4n) is 2.60. The van der Waals surface area contributed by atoms with Crippen LogP contribution in [0.4, 0.5) is 8.78 Å². The molecule has 0 unspecified atom stereocenters. The van der Waals surface area contributed by atoms with Crippen LogP contribution in [-0.4, -0.2) is 35.8 Å². The summed E-state index contributed by atoms with van der Waals surface area (Å²) in [6, 6.07) is 5.08. The van der Waals surface area contributed by atoms with Crippen molar-refractivity contribution in [2.45, 2.75) is 59.6 Å². The van der Waals surface area contributed by atoms with Crippen LogP contribution in [0.3, 0.4) is 0 Å². The first-order valence-corrected chi connectivity index (χ1v) is 9.78. The molecule has 0 aliphatic carbocycles. The Kier molecular flexibility index (Phi) is 11.6. The van der Waals surface area contributed by atoms with Crippen LogP contribution in [0.15, 0.2) is 27.7 Å². The van der Waals surface area contributed by atoms with Gasteiger partial charge in [0.2, 0.25) is 5.89 Å². The molecule has 0 saturated carbocycles. The maximum atomic E-state index is 12.6. The summed E-state index contributed by atoms with van der Waals surface area (Å²) in [5, 5.41) is 10.3. The average molecular weight is 537 g/mol. The second-order valence-electron chi connectivity index (χ2n) is 6.92. The van der Waals surface area contributed by atoms with E-state index in [0.717, 1.165) is 12.0 Å². The monoisotopic (exact) mass is 537 g/mol. The molecule has 1 aromatic heterocycles. The van der Waals surface area contributed by atoms with Gasteiger partial charge in [-0.1, -0.05) is 36.7 Å². The summed E-state index contributed by atoms with van der Waals surface area (Å²) in [5.41, 5.74) is 1.56. The molecule has 0 spiro atoms. The first kappa shape index (κ1) is 26.1. The van der Waals surface area contributed by atoms with E-state index in [-0.39, 0.29) is 42.2 Å². The molecule has 0 atom stereocenters. The van der Waals surface area contributed by atoms with E-state index in [1.54, 1.807) is 18.2 Å². The fourth-order valence-corrected chi connectivity index (χ4v) is 2.60. The normalized spacial score (nSPS) is 11.5. The molecule has 2 aromatic rings. The van der Waals surface area contributed by atoms with Crippen molar-refractivity contribution < 1.29 is 18.0 Å². The second-order valence-corrected chi connectivity index (χ2v) is 6.92. The Hall–Kier alpha value is -1.98. The van der Waals surface area contributed by atoms with Crippen molar-refractivity contribution in [1.29, 1.82) is 0 Å². The maximum absolute atomic E-state index is 12.6. The molecule has 7 nitrogen and oxygen atoms in total. The number of ether oxygens (including phenoxy) is 1. The van der Waals surface area contributed by atoms with Crippen molar-refractivity contribution >= 4 is 29.9 Å². The van der Waals surface area contributed by atoms with Crippen molar-refractivity contribution in [3.05, 3.63) is 41.0 Å². The second kappa shape index (κ2) is 13.3. The van der Waals surface area contributed by atoms with E-state index >= 15 is 0 Å². The lowest BCUT2D eigenvalue weighted by molar-refractivity contribution is -0.0504. The lowest BCUT2D eigenvalue weighted by Gasteiger charge is -2.13. The minimum Gasteiger partial charge on any atom is -0.434 e. The molecule has 0 fully saturated rings. The van der Waals surface area contributed by atoms with E-state index < -0.39 is 6.61 Å². The third-order valence-electron chi connectivity index (χ3n) is 4.04. The standard InChI is InChI=1S/C20H29F2N5O2.HI/c1-5-23-20(24-10-6-7-17-26-18(13(2)3)27-29-17)25-12-15-11-14(4)8-9-16(15)28-19(21)22;/h8-9,11,13,19H,5-7,10,12H2,1-4H3,(H2,23,24,25);1H. The summed E-state index contributed by atoms with van der Waals surface area (Å²) in [5.74, 6) is 2.31. The number of nitrogens with one attached hydrogen (secondary N) is 2. The minimum atomic E-state index is -2.87. The smallest absolute Gasteiger partial charge is 0.387 e. The van der Waals surface area contributed by atoms with Crippen LogP contribution in [0.1, 0.15) is 56.0 Å². The third kappa shape index (κ3) is 8.80. The van der Waals surface area contributed by atoms with Crippen molar-refractivity contribution in [1.82, 2.24) is 20.8 Å². The van der Waals surface area contributed by atoms with Crippen molar-refractivity contribution in [2.24, 2.45) is 4.99 Å². The van der Waals surface area contributed by atoms with Crippen molar-refractivity contribution in [3.63, 3.8) is 0 Å². The average Bonchev–Trinajstić information content (AvgIpc) is 3.14. The Morgan fingerprint density at radius 3 is 2.67 bits per heavy atom. The highest BCUT2D eigenvalue weighted by Crippen LogP contribution is 2.22. The van der Waals surface area contributed by atoms with Gasteiger partial charge in [0.25, 0.3) is 0 Å². The largest absolute Gasteiger partial charge is 0.434 e. The van der Waals surface area contributed by atoms with Crippen molar-refractivity contribution in [3.8, 4) is 5.75 Å². The summed E-state index contributed by atoms with van der Waals surface area (Å²) in [4.78, 5) is 8.84. The minimum absolute atomic E-state index is 0. The number of aromatic nitrogens is 2. The van der Waals surface area contributed by atoms with E-state index in [0.29, 0.717) is 42.7 Å². The Morgan fingerprint density at radius 2 is 2.03 bits per heavy atom. The number of benzene rings is 1. The molecule has 0 saturated heterocycles. The summed E-state index contributed by atoms with van der Waals surface area (Å²) in [6.45, 7) is 6.57. The van der Waals surface area contributed by atoms with Gasteiger partial charge in [0.15, 0.2) is 11.8 Å². The summed E-state index contributed by atoms with van der Waals surface area (Å²) in [6.07, 6.45) is 1.45. The summed E-state index contributed by atoms with van der Waals surface area (Å²) >= 11 is 0. The number of nitrogens with zero attached hydrogens (tertiary/aromatic N) is 3. The van der Waals surface area contributed by atoms with Crippen LogP contribution < -0.4 is 15.4 Å². The van der Waals surface area contributed by atoms with Crippen LogP contribution >= 0.6 is 24.0 Å². The summed E-state index contributed by atoms with van der Waals surface area (Å²) < 4.78 is 35.0. The molecular weight excluding hydrogens is 507 g/mol. The van der Waals surface area contributed by atoms with Crippen molar-refractivity contribution in [2.75, 3.05) is 13.1 Å². The first-order valence-electron chi connectivity index (χ1n) is 9.78. The van der Waals surface area contributed by atoms with Gasteiger partial charge in [-0.15, -0.1) is 24.0 Å². The Morgan fingerprint density at radius 1 is 1.27 bits per heavy atom.